The second kappa shape index (κ2) is 13.0. The van der Waals surface area contributed by atoms with Crippen LogP contribution in [-0.2, 0) is 36.1 Å². The molecule has 4 rings (SSSR count). The zero-order valence-corrected chi connectivity index (χ0v) is 25.0. The van der Waals surface area contributed by atoms with Crippen LogP contribution in [0.25, 0.3) is 0 Å². The molecule has 0 bridgehead atoms. The van der Waals surface area contributed by atoms with Crippen molar-refractivity contribution < 1.29 is 39.0 Å². The van der Waals surface area contributed by atoms with Crippen LogP contribution in [0.3, 0.4) is 0 Å². The zero-order chi connectivity index (χ0) is 32.9. The average Bonchev–Trinajstić information content (AvgIpc) is 3.21. The first-order valence-corrected chi connectivity index (χ1v) is 14.1. The average molecular weight is 615 g/mol. The van der Waals surface area contributed by atoms with Crippen molar-refractivity contribution in [3.05, 3.63) is 108 Å². The minimum Gasteiger partial charge on any atom is -0.481 e. The molecule has 3 unspecified atom stereocenters. The fraction of sp³-hybridized carbons (Fsp3) is 0.273. The van der Waals surface area contributed by atoms with Crippen LogP contribution < -0.4 is 10.6 Å². The Balaban J connectivity index is 1.64. The van der Waals surface area contributed by atoms with E-state index in [1.165, 1.54) is 30.9 Å². The van der Waals surface area contributed by atoms with Gasteiger partial charge in [-0.25, -0.2) is 14.5 Å². The van der Waals surface area contributed by atoms with Crippen LogP contribution in [0.4, 0.5) is 4.79 Å². The molecule has 12 heteroatoms. The maximum Gasteiger partial charge on any atom is 0.330 e. The highest BCUT2D eigenvalue weighted by Gasteiger charge is 2.60. The van der Waals surface area contributed by atoms with Crippen LogP contribution >= 0.6 is 0 Å². The molecule has 1 heterocycles. The van der Waals surface area contributed by atoms with Gasteiger partial charge in [0.15, 0.2) is 6.04 Å². The summed E-state index contributed by atoms with van der Waals surface area (Å²) in [6, 6.07) is 21.4. The molecule has 12 nitrogen and oxygen atoms in total. The third-order valence-corrected chi connectivity index (χ3v) is 7.88. The number of hydrogen-bond acceptors (Lipinski definition) is 6. The lowest BCUT2D eigenvalue weighted by atomic mass is 9.89. The summed E-state index contributed by atoms with van der Waals surface area (Å²) in [5.41, 5.74) is -1.92. The van der Waals surface area contributed by atoms with Gasteiger partial charge < -0.3 is 25.7 Å². The standard InChI is InChI=1S/C33H34N4O8/c1-32(2,29(43)34-24(19-25(38)39)27(40)35-26(28(41)42)22-15-9-5-10-16-22)37-30(44)33(3,23-17-11-6-12-18-23)36(31(37)45)20-21-13-7-4-8-14-21/h4-18,24,26H,19-20H2,1-3H3,(H,34,43)(H,35,40)(H,38,39)(H,41,42). The number of nitrogens with zero attached hydrogens (tertiary/aromatic N) is 2. The maximum atomic E-state index is 14.2. The van der Waals surface area contributed by atoms with E-state index in [1.54, 1.807) is 79.7 Å². The molecule has 3 aromatic rings. The van der Waals surface area contributed by atoms with Crippen molar-refractivity contribution in [2.24, 2.45) is 0 Å². The van der Waals surface area contributed by atoms with Crippen LogP contribution in [0, 0.1) is 0 Å². The predicted octanol–water partition coefficient (Wildman–Crippen LogP) is 3.05. The van der Waals surface area contributed by atoms with E-state index >= 15 is 0 Å². The molecule has 234 valence electrons. The Labute approximate surface area is 259 Å². The molecular weight excluding hydrogens is 580 g/mol. The Morgan fingerprint density at radius 1 is 0.822 bits per heavy atom. The number of imide groups is 1. The van der Waals surface area contributed by atoms with Gasteiger partial charge in [0.05, 0.1) is 6.42 Å². The first kappa shape index (κ1) is 32.4. The molecule has 3 atom stereocenters. The summed E-state index contributed by atoms with van der Waals surface area (Å²) in [5.74, 6) is -5.60. The molecular formula is C33H34N4O8. The Hall–Kier alpha value is -5.52. The zero-order valence-electron chi connectivity index (χ0n) is 25.0. The fourth-order valence-corrected chi connectivity index (χ4v) is 5.26. The highest BCUT2D eigenvalue weighted by atomic mass is 16.4. The van der Waals surface area contributed by atoms with Crippen molar-refractivity contribution in [1.82, 2.24) is 20.4 Å². The molecule has 3 aromatic carbocycles. The number of rotatable bonds is 12. The number of nitrogens with one attached hydrogen (secondary N) is 2. The lowest BCUT2D eigenvalue weighted by Gasteiger charge is -2.33. The number of amides is 5. The van der Waals surface area contributed by atoms with E-state index in [9.17, 15) is 39.0 Å². The van der Waals surface area contributed by atoms with Gasteiger partial charge in [-0.2, -0.15) is 0 Å². The fourth-order valence-electron chi connectivity index (χ4n) is 5.26. The number of aliphatic carboxylic acids is 2. The number of carboxylic acid groups (broad SMARTS) is 2. The second-order valence-corrected chi connectivity index (χ2v) is 11.3. The molecule has 45 heavy (non-hydrogen) atoms. The van der Waals surface area contributed by atoms with Crippen LogP contribution in [0.1, 0.15) is 49.9 Å². The number of carboxylic acids is 2. The first-order chi connectivity index (χ1) is 21.3. The minimum absolute atomic E-state index is 0.0467. The van der Waals surface area contributed by atoms with Gasteiger partial charge in [0, 0.05) is 6.54 Å². The molecule has 1 fully saturated rings. The highest BCUT2D eigenvalue weighted by molar-refractivity contribution is 6.11. The number of carbonyl (C=O) groups is 6. The van der Waals surface area contributed by atoms with Crippen molar-refractivity contribution in [3.63, 3.8) is 0 Å². The molecule has 1 aliphatic rings. The molecule has 1 saturated heterocycles. The Kier molecular flexibility index (Phi) is 9.36. The van der Waals surface area contributed by atoms with Gasteiger partial charge in [0.1, 0.15) is 17.1 Å². The second-order valence-electron chi connectivity index (χ2n) is 11.3. The lowest BCUT2D eigenvalue weighted by molar-refractivity contribution is -0.146. The molecule has 0 spiro atoms. The minimum atomic E-state index is -1.90. The lowest BCUT2D eigenvalue weighted by Crippen LogP contribution is -2.61. The molecule has 5 amide bonds. The van der Waals surface area contributed by atoms with Gasteiger partial charge in [0.2, 0.25) is 11.8 Å². The largest absolute Gasteiger partial charge is 0.481 e. The summed E-state index contributed by atoms with van der Waals surface area (Å²) in [7, 11) is 0. The van der Waals surface area contributed by atoms with Crippen LogP contribution in [0.15, 0.2) is 91.0 Å². The number of carbonyl (C=O) groups excluding carboxylic acids is 4. The Bertz CT molecular complexity index is 1600. The topological polar surface area (TPSA) is 173 Å². The normalized spacial score (nSPS) is 17.8. The Morgan fingerprint density at radius 2 is 1.36 bits per heavy atom. The maximum absolute atomic E-state index is 14.2. The number of hydrogen-bond donors (Lipinski definition) is 4. The molecule has 4 N–H and O–H groups in total. The van der Waals surface area contributed by atoms with Crippen molar-refractivity contribution in [1.29, 1.82) is 0 Å². The van der Waals surface area contributed by atoms with Crippen LogP contribution in [0.5, 0.6) is 0 Å². The van der Waals surface area contributed by atoms with Crippen molar-refractivity contribution in [3.8, 4) is 0 Å². The van der Waals surface area contributed by atoms with Gasteiger partial charge in [-0.3, -0.25) is 19.2 Å². The number of benzene rings is 3. The third kappa shape index (κ3) is 6.54. The van der Waals surface area contributed by atoms with E-state index in [4.69, 9.17) is 0 Å². The van der Waals surface area contributed by atoms with Gasteiger partial charge in [0.25, 0.3) is 5.91 Å². The molecule has 0 aliphatic carbocycles. The van der Waals surface area contributed by atoms with Gasteiger partial charge >= 0.3 is 18.0 Å². The summed E-state index contributed by atoms with van der Waals surface area (Å²) in [6.45, 7) is 4.27. The molecule has 0 radical (unpaired) electrons. The van der Waals surface area contributed by atoms with Crippen molar-refractivity contribution in [2.75, 3.05) is 0 Å². The Morgan fingerprint density at radius 3 is 1.89 bits per heavy atom. The summed E-state index contributed by atoms with van der Waals surface area (Å²) >= 11 is 0. The summed E-state index contributed by atoms with van der Waals surface area (Å²) in [4.78, 5) is 81.1. The van der Waals surface area contributed by atoms with E-state index < -0.39 is 65.3 Å². The van der Waals surface area contributed by atoms with Gasteiger partial charge in [-0.15, -0.1) is 0 Å². The highest BCUT2D eigenvalue weighted by Crippen LogP contribution is 2.41. The molecule has 0 aromatic heterocycles. The van der Waals surface area contributed by atoms with Crippen molar-refractivity contribution >= 4 is 35.7 Å². The SMILES string of the molecule is CC(C)(C(=O)NC(CC(=O)O)C(=O)NC(C(=O)O)c1ccccc1)N1C(=O)N(Cc2ccccc2)C(C)(c2ccccc2)C1=O. The van der Waals surface area contributed by atoms with Gasteiger partial charge in [-0.05, 0) is 37.5 Å². The van der Waals surface area contributed by atoms with Crippen molar-refractivity contribution in [2.45, 2.75) is 56.9 Å². The summed E-state index contributed by atoms with van der Waals surface area (Å²) in [6.07, 6.45) is -0.890. The third-order valence-electron chi connectivity index (χ3n) is 7.88. The predicted molar refractivity (Wildman–Crippen MR) is 161 cm³/mol. The summed E-state index contributed by atoms with van der Waals surface area (Å²) < 4.78 is 0. The quantitative estimate of drug-likeness (QED) is 0.225. The van der Waals surface area contributed by atoms with Crippen LogP contribution in [-0.4, -0.2) is 67.3 Å². The van der Waals surface area contributed by atoms with E-state index in [1.807, 2.05) is 6.07 Å². The smallest absolute Gasteiger partial charge is 0.330 e. The first-order valence-electron chi connectivity index (χ1n) is 14.1. The van der Waals surface area contributed by atoms with E-state index in [-0.39, 0.29) is 12.1 Å². The monoisotopic (exact) mass is 614 g/mol. The number of urea groups is 1. The van der Waals surface area contributed by atoms with E-state index in [0.29, 0.717) is 5.56 Å². The molecule has 0 saturated carbocycles. The van der Waals surface area contributed by atoms with Crippen LogP contribution in [0.2, 0.25) is 0 Å². The van der Waals surface area contributed by atoms with E-state index in [2.05, 4.69) is 10.6 Å². The summed E-state index contributed by atoms with van der Waals surface area (Å²) in [5, 5.41) is 23.8. The van der Waals surface area contributed by atoms with E-state index in [0.717, 1.165) is 10.5 Å². The molecule has 1 aliphatic heterocycles. The van der Waals surface area contributed by atoms with Gasteiger partial charge in [-0.1, -0.05) is 91.0 Å².